The van der Waals surface area contributed by atoms with Gasteiger partial charge < -0.3 is 9.15 Å². The number of rotatable bonds is 3. The first-order chi connectivity index (χ1) is 10.4. The molecule has 3 rings (SSSR count). The van der Waals surface area contributed by atoms with Crippen molar-refractivity contribution in [2.75, 3.05) is 6.61 Å². The summed E-state index contributed by atoms with van der Waals surface area (Å²) in [6.45, 7) is 4.21. The highest BCUT2D eigenvalue weighted by Gasteiger charge is 2.29. The standard InChI is InChI=1S/C15H17BF2NO3/c1-15(2)7-16-13(21-8-15)9-3-4-11-10(5-9)19(6-12(17)18)14(20)22-11/h3-5,12-13H,6-8H2,1-2H3. The fourth-order valence-corrected chi connectivity index (χ4v) is 2.67. The van der Waals surface area contributed by atoms with Gasteiger partial charge >= 0.3 is 5.76 Å². The van der Waals surface area contributed by atoms with Crippen LogP contribution in [0.1, 0.15) is 25.4 Å². The molecule has 7 heteroatoms. The van der Waals surface area contributed by atoms with E-state index in [9.17, 15) is 13.6 Å². The van der Waals surface area contributed by atoms with Crippen molar-refractivity contribution in [3.63, 3.8) is 0 Å². The van der Waals surface area contributed by atoms with Crippen LogP contribution in [0.4, 0.5) is 8.78 Å². The van der Waals surface area contributed by atoms with E-state index in [0.717, 1.165) is 16.5 Å². The number of ether oxygens (including phenoxy) is 1. The van der Waals surface area contributed by atoms with E-state index < -0.39 is 18.7 Å². The van der Waals surface area contributed by atoms with Crippen LogP contribution in [0.5, 0.6) is 0 Å². The van der Waals surface area contributed by atoms with Crippen LogP contribution < -0.4 is 5.76 Å². The summed E-state index contributed by atoms with van der Waals surface area (Å²) in [5.41, 5.74) is 1.63. The topological polar surface area (TPSA) is 44.4 Å². The molecule has 1 aromatic heterocycles. The van der Waals surface area contributed by atoms with Crippen molar-refractivity contribution in [1.29, 1.82) is 0 Å². The maximum Gasteiger partial charge on any atom is 0.420 e. The lowest BCUT2D eigenvalue weighted by molar-refractivity contribution is 0.0312. The zero-order chi connectivity index (χ0) is 15.9. The van der Waals surface area contributed by atoms with E-state index in [2.05, 4.69) is 21.1 Å². The van der Waals surface area contributed by atoms with Gasteiger partial charge in [-0.3, -0.25) is 4.57 Å². The SMILES string of the molecule is CC1(C)C[B]C(c2ccc3oc(=O)n(CC(F)F)c3c2)OC1. The molecule has 0 amide bonds. The average molecular weight is 308 g/mol. The van der Waals surface area contributed by atoms with Crippen LogP contribution in [0.25, 0.3) is 11.1 Å². The third-order valence-corrected chi connectivity index (χ3v) is 3.88. The summed E-state index contributed by atoms with van der Waals surface area (Å²) in [5.74, 6) is -0.762. The highest BCUT2D eigenvalue weighted by Crippen LogP contribution is 2.33. The zero-order valence-electron chi connectivity index (χ0n) is 12.5. The first kappa shape index (κ1) is 15.3. The van der Waals surface area contributed by atoms with Gasteiger partial charge in [0.15, 0.2) is 12.9 Å². The molecular weight excluding hydrogens is 291 g/mol. The van der Waals surface area contributed by atoms with Crippen molar-refractivity contribution in [3.05, 3.63) is 34.3 Å². The second kappa shape index (κ2) is 5.54. The van der Waals surface area contributed by atoms with Crippen LogP contribution in [0.2, 0.25) is 6.32 Å². The molecule has 117 valence electrons. The summed E-state index contributed by atoms with van der Waals surface area (Å²) < 4.78 is 37.0. The van der Waals surface area contributed by atoms with Gasteiger partial charge in [-0.15, -0.1) is 0 Å². The fourth-order valence-electron chi connectivity index (χ4n) is 2.67. The first-order valence-corrected chi connectivity index (χ1v) is 7.22. The van der Waals surface area contributed by atoms with E-state index in [0.29, 0.717) is 17.7 Å². The average Bonchev–Trinajstić information content (AvgIpc) is 2.74. The van der Waals surface area contributed by atoms with Crippen molar-refractivity contribution in [1.82, 2.24) is 4.57 Å². The van der Waals surface area contributed by atoms with Gasteiger partial charge in [-0.2, -0.15) is 0 Å². The number of oxazole rings is 1. The molecule has 0 bridgehead atoms. The molecule has 0 N–H and O–H groups in total. The van der Waals surface area contributed by atoms with Gasteiger partial charge in [-0.25, -0.2) is 13.6 Å². The summed E-state index contributed by atoms with van der Waals surface area (Å²) in [7, 11) is 2.07. The third-order valence-electron chi connectivity index (χ3n) is 3.88. The molecule has 22 heavy (non-hydrogen) atoms. The number of alkyl halides is 2. The quantitative estimate of drug-likeness (QED) is 0.819. The van der Waals surface area contributed by atoms with Crippen LogP contribution in [-0.2, 0) is 11.3 Å². The summed E-state index contributed by atoms with van der Waals surface area (Å²) in [6.07, 6.45) is -1.70. The highest BCUT2D eigenvalue weighted by atomic mass is 19.3. The van der Waals surface area contributed by atoms with Crippen LogP contribution in [-0.4, -0.2) is 24.9 Å². The Morgan fingerprint density at radius 3 is 2.86 bits per heavy atom. The predicted molar refractivity (Wildman–Crippen MR) is 79.5 cm³/mol. The Bertz CT molecular complexity index is 728. The van der Waals surface area contributed by atoms with E-state index in [1.54, 1.807) is 18.2 Å². The van der Waals surface area contributed by atoms with Crippen LogP contribution in [0, 0.1) is 5.41 Å². The zero-order valence-corrected chi connectivity index (χ0v) is 12.5. The summed E-state index contributed by atoms with van der Waals surface area (Å²) in [4.78, 5) is 11.7. The van der Waals surface area contributed by atoms with Crippen molar-refractivity contribution in [2.24, 2.45) is 5.41 Å². The Kier molecular flexibility index (Phi) is 3.84. The molecule has 0 saturated carbocycles. The molecule has 2 aromatic rings. The number of halogens is 2. The molecule has 4 nitrogen and oxygen atoms in total. The Morgan fingerprint density at radius 1 is 1.45 bits per heavy atom. The Hall–Kier alpha value is -1.63. The summed E-state index contributed by atoms with van der Waals surface area (Å²) in [6, 6.07) is 4.94. The minimum Gasteiger partial charge on any atom is -0.408 e. The number of aromatic nitrogens is 1. The Morgan fingerprint density at radius 2 is 2.23 bits per heavy atom. The maximum atomic E-state index is 12.6. The van der Waals surface area contributed by atoms with Gasteiger partial charge in [0.2, 0.25) is 0 Å². The summed E-state index contributed by atoms with van der Waals surface area (Å²) >= 11 is 0. The third kappa shape index (κ3) is 2.95. The molecule has 0 aliphatic carbocycles. The lowest BCUT2D eigenvalue weighted by atomic mass is 9.57. The van der Waals surface area contributed by atoms with Gasteiger partial charge in [-0.05, 0) is 23.1 Å². The van der Waals surface area contributed by atoms with E-state index in [1.165, 1.54) is 0 Å². The summed E-state index contributed by atoms with van der Waals surface area (Å²) in [5, 5.41) is 0. The molecule has 1 unspecified atom stereocenters. The maximum absolute atomic E-state index is 12.6. The van der Waals surface area contributed by atoms with E-state index in [1.807, 2.05) is 0 Å². The molecule has 0 spiro atoms. The molecule has 1 aliphatic rings. The molecule has 1 aliphatic heterocycles. The van der Waals surface area contributed by atoms with Crippen molar-refractivity contribution >= 4 is 18.4 Å². The van der Waals surface area contributed by atoms with Crippen molar-refractivity contribution in [3.8, 4) is 0 Å². The molecule has 1 saturated heterocycles. The lowest BCUT2D eigenvalue weighted by Gasteiger charge is -2.34. The van der Waals surface area contributed by atoms with Crippen LogP contribution >= 0.6 is 0 Å². The highest BCUT2D eigenvalue weighted by molar-refractivity contribution is 6.37. The number of fused-ring (bicyclic) bond motifs is 1. The van der Waals surface area contributed by atoms with Gasteiger partial charge in [0.25, 0.3) is 6.43 Å². The minimum absolute atomic E-state index is 0.105. The van der Waals surface area contributed by atoms with E-state index in [4.69, 9.17) is 9.15 Å². The van der Waals surface area contributed by atoms with Gasteiger partial charge in [0.1, 0.15) is 0 Å². The van der Waals surface area contributed by atoms with E-state index in [-0.39, 0.29) is 11.4 Å². The lowest BCUT2D eigenvalue weighted by Crippen LogP contribution is -2.32. The number of benzene rings is 1. The largest absolute Gasteiger partial charge is 0.420 e. The molecular formula is C15H17BF2NO3. The number of hydrogen-bond donors (Lipinski definition) is 0. The normalized spacial score (nSPS) is 21.2. The molecule has 1 fully saturated rings. The van der Waals surface area contributed by atoms with Gasteiger partial charge in [-0.1, -0.05) is 26.2 Å². The Balaban J connectivity index is 1.94. The minimum atomic E-state index is -2.61. The Labute approximate surface area is 127 Å². The smallest absolute Gasteiger partial charge is 0.408 e. The first-order valence-electron chi connectivity index (χ1n) is 7.22. The number of hydrogen-bond acceptors (Lipinski definition) is 3. The van der Waals surface area contributed by atoms with Gasteiger partial charge in [0.05, 0.1) is 18.7 Å². The van der Waals surface area contributed by atoms with Crippen LogP contribution in [0.3, 0.4) is 0 Å². The number of nitrogens with zero attached hydrogens (tertiary/aromatic N) is 1. The second-order valence-corrected chi connectivity index (χ2v) is 6.43. The van der Waals surface area contributed by atoms with Gasteiger partial charge in [0, 0.05) is 6.00 Å². The molecule has 1 atom stereocenters. The fraction of sp³-hybridized carbons (Fsp3) is 0.533. The van der Waals surface area contributed by atoms with E-state index >= 15 is 0 Å². The molecule has 1 aromatic carbocycles. The molecule has 2 heterocycles. The predicted octanol–water partition coefficient (Wildman–Crippen LogP) is 3.04. The van der Waals surface area contributed by atoms with Crippen molar-refractivity contribution in [2.45, 2.75) is 39.1 Å². The van der Waals surface area contributed by atoms with Crippen molar-refractivity contribution < 1.29 is 17.9 Å². The second-order valence-electron chi connectivity index (χ2n) is 6.43. The molecule has 1 radical (unpaired) electrons. The van der Waals surface area contributed by atoms with Crippen LogP contribution in [0.15, 0.2) is 27.4 Å². The monoisotopic (exact) mass is 308 g/mol.